The fourth-order valence-electron chi connectivity index (χ4n) is 5.12. The quantitative estimate of drug-likeness (QED) is 0.320. The van der Waals surface area contributed by atoms with Crippen LogP contribution in [0.25, 0.3) is 0 Å². The molecule has 1 aliphatic carbocycles. The van der Waals surface area contributed by atoms with Crippen molar-refractivity contribution in [1.29, 1.82) is 0 Å². The summed E-state index contributed by atoms with van der Waals surface area (Å²) in [5, 5.41) is 7.18. The van der Waals surface area contributed by atoms with Crippen LogP contribution >= 0.6 is 44.5 Å². The Balaban J connectivity index is 0.00000148. The van der Waals surface area contributed by atoms with Gasteiger partial charge in [0.1, 0.15) is 0 Å². The molecular weight excluding hydrogens is 598 g/mol. The fraction of sp³-hybridized carbons (Fsp3) is 0.357. The Hall–Kier alpha value is -1.71. The number of aryl methyl sites for hydroxylation is 3. The Labute approximate surface area is 236 Å². The molecule has 5 nitrogen and oxygen atoms in total. The second-order valence-corrected chi connectivity index (χ2v) is 10.9. The van der Waals surface area contributed by atoms with E-state index in [1.54, 1.807) is 12.5 Å². The lowest BCUT2D eigenvalue weighted by molar-refractivity contribution is 0.169. The average molecular weight is 631 g/mol. The number of rotatable bonds is 5. The molecule has 0 amide bonds. The fourth-order valence-corrected chi connectivity index (χ4v) is 6.33. The van der Waals surface area contributed by atoms with E-state index in [1.165, 1.54) is 32.4 Å². The van der Waals surface area contributed by atoms with Crippen LogP contribution in [0.4, 0.5) is 0 Å². The van der Waals surface area contributed by atoms with Gasteiger partial charge in [-0.1, -0.05) is 34.6 Å². The van der Waals surface area contributed by atoms with Crippen molar-refractivity contribution in [2.45, 2.75) is 38.4 Å². The number of benzene rings is 1. The molecule has 2 aliphatic rings. The molecule has 0 radical (unpaired) electrons. The Bertz CT molecular complexity index is 1200. The summed E-state index contributed by atoms with van der Waals surface area (Å²) in [5.74, 6) is 0. The average Bonchev–Trinajstić information content (AvgIpc) is 3.06. The normalized spacial score (nSPS) is 19.2. The summed E-state index contributed by atoms with van der Waals surface area (Å²) in [7, 11) is 0. The molecule has 1 aromatic carbocycles. The van der Waals surface area contributed by atoms with Gasteiger partial charge in [-0.25, -0.2) is 0 Å². The molecule has 0 bridgehead atoms. The van der Waals surface area contributed by atoms with E-state index in [0.29, 0.717) is 0 Å². The van der Waals surface area contributed by atoms with E-state index in [-0.39, 0.29) is 12.1 Å². The first-order chi connectivity index (χ1) is 17.5. The number of nitrogens with zero attached hydrogens (tertiary/aromatic N) is 3. The molecule has 1 saturated heterocycles. The van der Waals surface area contributed by atoms with Crippen LogP contribution in [0, 0.1) is 6.92 Å². The summed E-state index contributed by atoms with van der Waals surface area (Å²) in [5.41, 5.74) is 8.70. The van der Waals surface area contributed by atoms with Gasteiger partial charge in [0.15, 0.2) is 0 Å². The molecular formula is C28H33Br2N5S. The zero-order chi connectivity index (χ0) is 25.7. The number of pyridine rings is 2. The monoisotopic (exact) mass is 629 g/mol. The lowest BCUT2D eigenvalue weighted by atomic mass is 9.94. The van der Waals surface area contributed by atoms with Gasteiger partial charge in [-0.15, -0.1) is 0 Å². The van der Waals surface area contributed by atoms with Gasteiger partial charge in [0.05, 0.1) is 17.8 Å². The van der Waals surface area contributed by atoms with E-state index in [9.17, 15) is 0 Å². The largest absolute Gasteiger partial charge is 0.383 e. The van der Waals surface area contributed by atoms with Crippen LogP contribution in [0.1, 0.15) is 39.6 Å². The predicted octanol–water partition coefficient (Wildman–Crippen LogP) is 5.62. The lowest BCUT2D eigenvalue weighted by Gasteiger charge is -2.40. The van der Waals surface area contributed by atoms with E-state index >= 15 is 0 Å². The molecule has 2 atom stereocenters. The molecule has 1 fully saturated rings. The maximum atomic E-state index is 4.97. The summed E-state index contributed by atoms with van der Waals surface area (Å²) >= 11 is 11.1. The molecule has 5 rings (SSSR count). The van der Waals surface area contributed by atoms with Gasteiger partial charge >= 0.3 is 0 Å². The molecule has 0 saturated carbocycles. The van der Waals surface area contributed by atoms with Gasteiger partial charge in [-0.05, 0) is 88.0 Å². The van der Waals surface area contributed by atoms with Crippen molar-refractivity contribution in [2.24, 2.45) is 0 Å². The summed E-state index contributed by atoms with van der Waals surface area (Å²) in [4.78, 5) is 11.8. The van der Waals surface area contributed by atoms with Crippen LogP contribution in [0.2, 0.25) is 0 Å². The molecule has 2 aromatic heterocycles. The van der Waals surface area contributed by atoms with E-state index in [2.05, 4.69) is 103 Å². The number of thiol groups is 1. The van der Waals surface area contributed by atoms with Crippen LogP contribution in [0.15, 0.2) is 70.1 Å². The van der Waals surface area contributed by atoms with Gasteiger partial charge in [0.25, 0.3) is 0 Å². The van der Waals surface area contributed by atoms with E-state index in [4.69, 9.17) is 4.98 Å². The molecule has 2 unspecified atom stereocenters. The standard InChI is InChI=1S/C27H29Br2N5.CH4S/c1-17-10-20-5-6-21-12-22(28)15-33-26(21)27(25(20)23(29)11-17)34-9-8-31-24(16-34)18(2)32-14-19-4-3-7-30-13-19;1-2/h3-4,7,10-13,15,24,27,31-32H,2,5-6,8-9,14,16H2,1H3;2H,1H3. The second-order valence-electron chi connectivity index (χ2n) is 9.16. The van der Waals surface area contributed by atoms with Crippen LogP contribution in [-0.4, -0.2) is 46.8 Å². The number of fused-ring (bicyclic) bond motifs is 2. The topological polar surface area (TPSA) is 53.1 Å². The third kappa shape index (κ3) is 6.22. The summed E-state index contributed by atoms with van der Waals surface area (Å²) in [6, 6.07) is 11.1. The first-order valence-electron chi connectivity index (χ1n) is 12.2. The highest BCUT2D eigenvalue weighted by Crippen LogP contribution is 2.41. The van der Waals surface area contributed by atoms with Gasteiger partial charge < -0.3 is 10.6 Å². The smallest absolute Gasteiger partial charge is 0.0793 e. The van der Waals surface area contributed by atoms with Crippen LogP contribution in [0.3, 0.4) is 0 Å². The van der Waals surface area contributed by atoms with E-state index in [0.717, 1.165) is 54.8 Å². The minimum Gasteiger partial charge on any atom is -0.383 e. The Morgan fingerprint density at radius 3 is 2.78 bits per heavy atom. The number of halogens is 2. The Kier molecular flexibility index (Phi) is 9.64. The molecule has 3 heterocycles. The van der Waals surface area contributed by atoms with Crippen molar-refractivity contribution in [3.63, 3.8) is 0 Å². The van der Waals surface area contributed by atoms with Crippen LogP contribution < -0.4 is 10.6 Å². The van der Waals surface area contributed by atoms with Crippen LogP contribution in [0.5, 0.6) is 0 Å². The maximum Gasteiger partial charge on any atom is 0.0793 e. The van der Waals surface area contributed by atoms with Gasteiger partial charge in [-0.2, -0.15) is 12.6 Å². The van der Waals surface area contributed by atoms with Crippen LogP contribution in [-0.2, 0) is 19.4 Å². The molecule has 36 heavy (non-hydrogen) atoms. The van der Waals surface area contributed by atoms with Crippen molar-refractivity contribution in [3.05, 3.63) is 104 Å². The van der Waals surface area contributed by atoms with Crippen molar-refractivity contribution >= 4 is 44.5 Å². The first-order valence-corrected chi connectivity index (χ1v) is 14.6. The number of hydrogen-bond acceptors (Lipinski definition) is 6. The van der Waals surface area contributed by atoms with Crippen molar-refractivity contribution in [2.75, 3.05) is 25.9 Å². The highest BCUT2D eigenvalue weighted by Gasteiger charge is 2.35. The third-order valence-corrected chi connectivity index (χ3v) is 7.85. The number of hydrogen-bond donors (Lipinski definition) is 3. The molecule has 190 valence electrons. The minimum atomic E-state index is 0.103. The predicted molar refractivity (Wildman–Crippen MR) is 159 cm³/mol. The zero-order valence-corrected chi connectivity index (χ0v) is 24.8. The highest BCUT2D eigenvalue weighted by atomic mass is 79.9. The lowest BCUT2D eigenvalue weighted by Crippen LogP contribution is -2.54. The van der Waals surface area contributed by atoms with E-state index in [1.807, 2.05) is 18.5 Å². The Morgan fingerprint density at radius 1 is 1.19 bits per heavy atom. The van der Waals surface area contributed by atoms with Crippen molar-refractivity contribution < 1.29 is 0 Å². The summed E-state index contributed by atoms with van der Waals surface area (Å²) < 4.78 is 2.21. The Morgan fingerprint density at radius 2 is 2.00 bits per heavy atom. The maximum absolute atomic E-state index is 4.97. The van der Waals surface area contributed by atoms with Crippen molar-refractivity contribution in [1.82, 2.24) is 25.5 Å². The number of aromatic nitrogens is 2. The molecule has 0 spiro atoms. The van der Waals surface area contributed by atoms with Gasteiger partial charge in [0, 0.05) is 59.4 Å². The summed E-state index contributed by atoms with van der Waals surface area (Å²) in [6.45, 7) is 9.98. The van der Waals surface area contributed by atoms with Gasteiger partial charge in [-0.3, -0.25) is 14.9 Å². The zero-order valence-electron chi connectivity index (χ0n) is 20.8. The van der Waals surface area contributed by atoms with E-state index < -0.39 is 0 Å². The molecule has 1 aliphatic heterocycles. The second kappa shape index (κ2) is 12.7. The first kappa shape index (κ1) is 27.3. The SMILES string of the molecule is C=C(NCc1cccnc1)C1CN(C2c3ncc(Br)cc3CCc3cc(C)cc(Br)c32)CCN1.CS. The third-order valence-electron chi connectivity index (χ3n) is 6.76. The minimum absolute atomic E-state index is 0.103. The number of nitrogens with one attached hydrogen (secondary N) is 2. The molecule has 3 aromatic rings. The van der Waals surface area contributed by atoms with Gasteiger partial charge in [0.2, 0.25) is 0 Å². The molecule has 8 heteroatoms. The van der Waals surface area contributed by atoms with Crippen molar-refractivity contribution in [3.8, 4) is 0 Å². The highest BCUT2D eigenvalue weighted by molar-refractivity contribution is 9.10. The number of piperazine rings is 1. The molecule has 2 N–H and O–H groups in total. The summed E-state index contributed by atoms with van der Waals surface area (Å²) in [6.07, 6.45) is 9.34.